The minimum atomic E-state index is -0.327. The van der Waals surface area contributed by atoms with E-state index < -0.39 is 0 Å². The van der Waals surface area contributed by atoms with E-state index in [2.05, 4.69) is 25.4 Å². The predicted molar refractivity (Wildman–Crippen MR) is 86.4 cm³/mol. The molecular weight excluding hydrogens is 316 g/mol. The zero-order valence-corrected chi connectivity index (χ0v) is 13.8. The Morgan fingerprint density at radius 3 is 2.87 bits per heavy atom. The van der Waals surface area contributed by atoms with Gasteiger partial charge in [0.1, 0.15) is 34.0 Å². The second kappa shape index (κ2) is 6.29. The number of hydrogen-bond donors (Lipinski definition) is 1. The molecule has 0 bridgehead atoms. The Bertz CT molecular complexity index is 856. The Labute approximate surface area is 136 Å². The summed E-state index contributed by atoms with van der Waals surface area (Å²) in [7, 11) is 1.83. The van der Waals surface area contributed by atoms with Gasteiger partial charge in [-0.1, -0.05) is 0 Å². The van der Waals surface area contributed by atoms with Crippen molar-refractivity contribution in [1.82, 2.24) is 24.7 Å². The molecule has 3 aromatic heterocycles. The van der Waals surface area contributed by atoms with Crippen LogP contribution in [0.15, 0.2) is 12.7 Å². The third-order valence-corrected chi connectivity index (χ3v) is 4.59. The molecule has 0 saturated carbocycles. The van der Waals surface area contributed by atoms with Gasteiger partial charge >= 0.3 is 5.97 Å². The molecule has 0 amide bonds. The Morgan fingerprint density at radius 1 is 1.35 bits per heavy atom. The summed E-state index contributed by atoms with van der Waals surface area (Å²) in [5.74, 6) is 1.13. The van der Waals surface area contributed by atoms with Gasteiger partial charge < -0.3 is 10.1 Å². The first kappa shape index (κ1) is 15.3. The van der Waals surface area contributed by atoms with Crippen LogP contribution in [0.25, 0.3) is 10.2 Å². The summed E-state index contributed by atoms with van der Waals surface area (Å²) >= 11 is 1.31. The Hall–Kier alpha value is -2.55. The molecule has 0 saturated heterocycles. The molecule has 120 valence electrons. The molecule has 0 aliphatic rings. The highest BCUT2D eigenvalue weighted by Crippen LogP contribution is 2.33. The van der Waals surface area contributed by atoms with E-state index in [9.17, 15) is 4.79 Å². The van der Waals surface area contributed by atoms with Crippen LogP contribution in [0.4, 0.5) is 5.82 Å². The van der Waals surface area contributed by atoms with E-state index in [4.69, 9.17) is 4.74 Å². The lowest BCUT2D eigenvalue weighted by Crippen LogP contribution is -2.08. The Balaban J connectivity index is 1.94. The quantitative estimate of drug-likeness (QED) is 0.713. The summed E-state index contributed by atoms with van der Waals surface area (Å²) in [6.45, 7) is 4.48. The average molecular weight is 332 g/mol. The van der Waals surface area contributed by atoms with E-state index in [1.54, 1.807) is 11.6 Å². The van der Waals surface area contributed by atoms with Crippen molar-refractivity contribution in [2.45, 2.75) is 20.4 Å². The first-order valence-electron chi connectivity index (χ1n) is 7.09. The number of rotatable bonds is 5. The van der Waals surface area contributed by atoms with Gasteiger partial charge in [-0.3, -0.25) is 4.68 Å². The molecule has 0 aliphatic heterocycles. The molecule has 0 radical (unpaired) electrons. The number of carbonyl (C=O) groups is 1. The predicted octanol–water partition coefficient (Wildman–Crippen LogP) is 1.92. The third kappa shape index (κ3) is 2.87. The Morgan fingerprint density at radius 2 is 2.17 bits per heavy atom. The second-order valence-corrected chi connectivity index (χ2v) is 5.83. The molecule has 0 aromatic carbocycles. The van der Waals surface area contributed by atoms with Crippen LogP contribution in [-0.2, 0) is 18.3 Å². The molecular formula is C14H16N6O2S. The van der Waals surface area contributed by atoms with Gasteiger partial charge in [-0.2, -0.15) is 5.10 Å². The van der Waals surface area contributed by atoms with Gasteiger partial charge in [0.25, 0.3) is 0 Å². The van der Waals surface area contributed by atoms with Crippen molar-refractivity contribution in [2.75, 3.05) is 11.9 Å². The SMILES string of the molecule is CCOC(=O)c1sc2ncnc(NCc3ncnn3C)c2c1C. The van der Waals surface area contributed by atoms with Crippen LogP contribution in [0.1, 0.15) is 28.0 Å². The number of carbonyl (C=O) groups excluding carboxylic acids is 1. The molecule has 0 aliphatic carbocycles. The molecule has 0 unspecified atom stereocenters. The molecule has 0 fully saturated rings. The summed E-state index contributed by atoms with van der Waals surface area (Å²) in [6, 6.07) is 0. The fraction of sp³-hybridized carbons (Fsp3) is 0.357. The fourth-order valence-corrected chi connectivity index (χ4v) is 3.28. The van der Waals surface area contributed by atoms with Crippen LogP contribution < -0.4 is 5.32 Å². The number of anilines is 1. The molecule has 1 N–H and O–H groups in total. The van der Waals surface area contributed by atoms with Gasteiger partial charge in [-0.15, -0.1) is 11.3 Å². The maximum Gasteiger partial charge on any atom is 0.348 e. The standard InChI is InChI=1S/C14H16N6O2S/c1-4-22-14(21)11-8(2)10-12(17-6-18-13(10)23-11)15-5-9-16-7-19-20(9)3/h6-7H,4-5H2,1-3H3,(H,15,17,18). The maximum absolute atomic E-state index is 12.0. The van der Waals surface area contributed by atoms with Crippen molar-refractivity contribution in [1.29, 1.82) is 0 Å². The minimum absolute atomic E-state index is 0.327. The molecule has 3 aromatic rings. The number of esters is 1. The van der Waals surface area contributed by atoms with Crippen LogP contribution in [0.5, 0.6) is 0 Å². The van der Waals surface area contributed by atoms with Crippen molar-refractivity contribution >= 4 is 33.3 Å². The fourth-order valence-electron chi connectivity index (χ4n) is 2.24. The monoisotopic (exact) mass is 332 g/mol. The number of aryl methyl sites for hydroxylation is 2. The minimum Gasteiger partial charge on any atom is -0.462 e. The van der Waals surface area contributed by atoms with Crippen LogP contribution >= 0.6 is 11.3 Å². The summed E-state index contributed by atoms with van der Waals surface area (Å²) in [4.78, 5) is 26.1. The normalized spacial score (nSPS) is 10.9. The number of aromatic nitrogens is 5. The van der Waals surface area contributed by atoms with E-state index in [-0.39, 0.29) is 5.97 Å². The third-order valence-electron chi connectivity index (χ3n) is 3.41. The van der Waals surface area contributed by atoms with Crippen molar-refractivity contribution in [3.05, 3.63) is 28.9 Å². The van der Waals surface area contributed by atoms with Gasteiger partial charge in [-0.05, 0) is 19.4 Å². The number of hydrogen-bond acceptors (Lipinski definition) is 8. The number of nitrogens with one attached hydrogen (secondary N) is 1. The molecule has 3 heterocycles. The molecule has 3 rings (SSSR count). The van der Waals surface area contributed by atoms with Gasteiger partial charge in [0.15, 0.2) is 0 Å². The highest BCUT2D eigenvalue weighted by atomic mass is 32.1. The number of ether oxygens (including phenoxy) is 1. The van der Waals surface area contributed by atoms with E-state index >= 15 is 0 Å². The number of fused-ring (bicyclic) bond motifs is 1. The first-order chi connectivity index (χ1) is 11.1. The lowest BCUT2D eigenvalue weighted by atomic mass is 10.2. The summed E-state index contributed by atoms with van der Waals surface area (Å²) in [5, 5.41) is 8.10. The van der Waals surface area contributed by atoms with Gasteiger partial charge in [0.2, 0.25) is 0 Å². The van der Waals surface area contributed by atoms with Crippen molar-refractivity contribution in [3.63, 3.8) is 0 Å². The summed E-state index contributed by atoms with van der Waals surface area (Å²) < 4.78 is 6.78. The largest absolute Gasteiger partial charge is 0.462 e. The topological polar surface area (TPSA) is 94.8 Å². The molecule has 23 heavy (non-hydrogen) atoms. The second-order valence-electron chi connectivity index (χ2n) is 4.83. The van der Waals surface area contributed by atoms with E-state index in [0.29, 0.717) is 23.8 Å². The summed E-state index contributed by atoms with van der Waals surface area (Å²) in [5.41, 5.74) is 0.824. The number of thiophene rings is 1. The number of nitrogens with zero attached hydrogens (tertiary/aromatic N) is 5. The Kier molecular flexibility index (Phi) is 4.20. The van der Waals surface area contributed by atoms with E-state index in [1.165, 1.54) is 24.0 Å². The molecule has 8 nitrogen and oxygen atoms in total. The lowest BCUT2D eigenvalue weighted by Gasteiger charge is -2.06. The van der Waals surface area contributed by atoms with E-state index in [1.807, 2.05) is 14.0 Å². The highest BCUT2D eigenvalue weighted by molar-refractivity contribution is 7.20. The van der Waals surface area contributed by atoms with Crippen LogP contribution in [-0.4, -0.2) is 37.3 Å². The van der Waals surface area contributed by atoms with Crippen LogP contribution in [0.3, 0.4) is 0 Å². The maximum atomic E-state index is 12.0. The smallest absolute Gasteiger partial charge is 0.348 e. The lowest BCUT2D eigenvalue weighted by molar-refractivity contribution is 0.0531. The van der Waals surface area contributed by atoms with Crippen molar-refractivity contribution in [2.24, 2.45) is 7.05 Å². The van der Waals surface area contributed by atoms with Crippen molar-refractivity contribution in [3.8, 4) is 0 Å². The van der Waals surface area contributed by atoms with Crippen LogP contribution in [0, 0.1) is 6.92 Å². The van der Waals surface area contributed by atoms with Gasteiger partial charge in [-0.25, -0.2) is 19.7 Å². The average Bonchev–Trinajstić information content (AvgIpc) is 3.09. The van der Waals surface area contributed by atoms with Crippen molar-refractivity contribution < 1.29 is 9.53 Å². The molecule has 9 heteroatoms. The molecule has 0 spiro atoms. The van der Waals surface area contributed by atoms with Gasteiger partial charge in [0.05, 0.1) is 18.5 Å². The zero-order valence-electron chi connectivity index (χ0n) is 13.0. The van der Waals surface area contributed by atoms with Crippen LogP contribution in [0.2, 0.25) is 0 Å². The highest BCUT2D eigenvalue weighted by Gasteiger charge is 2.20. The summed E-state index contributed by atoms with van der Waals surface area (Å²) in [6.07, 6.45) is 2.98. The molecule has 0 atom stereocenters. The van der Waals surface area contributed by atoms with E-state index in [0.717, 1.165) is 21.6 Å². The van der Waals surface area contributed by atoms with Gasteiger partial charge in [0, 0.05) is 7.05 Å². The first-order valence-corrected chi connectivity index (χ1v) is 7.91. The zero-order chi connectivity index (χ0) is 16.4.